The van der Waals surface area contributed by atoms with Crippen LogP contribution in [0.15, 0.2) is 32.2 Å². The van der Waals surface area contributed by atoms with Gasteiger partial charge in [0.05, 0.1) is 25.9 Å². The number of ether oxygens (including phenoxy) is 2. The first-order valence-corrected chi connectivity index (χ1v) is 6.40. The molecule has 0 radical (unpaired) electrons. The van der Waals surface area contributed by atoms with E-state index in [1.807, 2.05) is 0 Å². The highest BCUT2D eigenvalue weighted by Gasteiger charge is 2.27. The average molecular weight is 324 g/mol. The number of hydrogen-bond donors (Lipinski definition) is 0. The molecule has 8 heteroatoms. The van der Waals surface area contributed by atoms with Crippen molar-refractivity contribution >= 4 is 27.7 Å². The van der Waals surface area contributed by atoms with Gasteiger partial charge in [-0.15, -0.1) is 0 Å². The number of hydrogen-bond acceptors (Lipinski definition) is 6. The number of Topliss-reactive ketones (excluding diaryl/α,β-unsaturated/α-hetero) is 1. The third-order valence-electron chi connectivity index (χ3n) is 3.41. The van der Waals surface area contributed by atoms with Crippen LogP contribution >= 0.6 is 0 Å². The molecule has 0 aliphatic heterocycles. The van der Waals surface area contributed by atoms with E-state index < -0.39 is 23.2 Å². The number of benzene rings is 1. The van der Waals surface area contributed by atoms with Crippen molar-refractivity contribution in [2.45, 2.75) is 6.43 Å². The fraction of sp³-hybridized carbons (Fsp3) is 0.200. The maximum atomic E-state index is 12.6. The molecule has 0 N–H and O–H groups in total. The molecule has 0 aliphatic rings. The van der Waals surface area contributed by atoms with Gasteiger partial charge < -0.3 is 18.3 Å². The highest BCUT2D eigenvalue weighted by molar-refractivity contribution is 6.09. The standard InChI is InChI=1S/C15H10F2O6/c1-20-11-6-3-4-22-12(6)14(21-2)13-8(11)9(18)7(5-23-13)10(19)15(16)17/h3-5,15H,1-2H3. The summed E-state index contributed by atoms with van der Waals surface area (Å²) in [5.74, 6) is -1.45. The lowest BCUT2D eigenvalue weighted by atomic mass is 10.1. The SMILES string of the molecule is COc1c2occc2c(OC)c2c(=O)c(C(=O)C(F)F)coc12. The van der Waals surface area contributed by atoms with Crippen molar-refractivity contribution in [3.63, 3.8) is 0 Å². The number of carbonyl (C=O) groups excluding carboxylic acids is 1. The predicted molar refractivity (Wildman–Crippen MR) is 75.7 cm³/mol. The molecule has 3 rings (SSSR count). The van der Waals surface area contributed by atoms with Gasteiger partial charge in [0.25, 0.3) is 0 Å². The lowest BCUT2D eigenvalue weighted by Gasteiger charge is -2.10. The molecule has 0 amide bonds. The fourth-order valence-corrected chi connectivity index (χ4v) is 2.43. The van der Waals surface area contributed by atoms with Gasteiger partial charge in [-0.25, -0.2) is 8.78 Å². The van der Waals surface area contributed by atoms with E-state index in [1.54, 1.807) is 0 Å². The molecule has 0 atom stereocenters. The van der Waals surface area contributed by atoms with Gasteiger partial charge in [-0.3, -0.25) is 9.59 Å². The summed E-state index contributed by atoms with van der Waals surface area (Å²) in [6, 6.07) is 1.52. The predicted octanol–water partition coefficient (Wildman–Crippen LogP) is 3.00. The van der Waals surface area contributed by atoms with Gasteiger partial charge >= 0.3 is 6.43 Å². The normalized spacial score (nSPS) is 11.3. The quantitative estimate of drug-likeness (QED) is 0.687. The van der Waals surface area contributed by atoms with Crippen LogP contribution in [0.25, 0.3) is 21.9 Å². The van der Waals surface area contributed by atoms with Gasteiger partial charge in [0.15, 0.2) is 11.2 Å². The summed E-state index contributed by atoms with van der Waals surface area (Å²) in [6.45, 7) is 0. The summed E-state index contributed by atoms with van der Waals surface area (Å²) in [4.78, 5) is 24.0. The molecule has 0 spiro atoms. The molecule has 6 nitrogen and oxygen atoms in total. The summed E-state index contributed by atoms with van der Waals surface area (Å²) in [7, 11) is 2.64. The van der Waals surface area contributed by atoms with Crippen molar-refractivity contribution in [3.8, 4) is 11.5 Å². The molecular weight excluding hydrogens is 314 g/mol. The molecule has 0 saturated heterocycles. The smallest absolute Gasteiger partial charge is 0.300 e. The minimum Gasteiger partial charge on any atom is -0.495 e. The molecule has 23 heavy (non-hydrogen) atoms. The minimum absolute atomic E-state index is 0.0531. The van der Waals surface area contributed by atoms with Crippen LogP contribution < -0.4 is 14.9 Å². The lowest BCUT2D eigenvalue weighted by molar-refractivity contribution is 0.0675. The van der Waals surface area contributed by atoms with Crippen molar-refractivity contribution in [2.24, 2.45) is 0 Å². The maximum Gasteiger partial charge on any atom is 0.300 e. The second-order valence-corrected chi connectivity index (χ2v) is 4.58. The van der Waals surface area contributed by atoms with Crippen molar-refractivity contribution in [1.29, 1.82) is 0 Å². The Balaban J connectivity index is 2.52. The third-order valence-corrected chi connectivity index (χ3v) is 3.41. The van der Waals surface area contributed by atoms with E-state index in [-0.39, 0.29) is 28.1 Å². The molecule has 2 heterocycles. The van der Waals surface area contributed by atoms with E-state index in [9.17, 15) is 18.4 Å². The number of carbonyl (C=O) groups is 1. The van der Waals surface area contributed by atoms with Crippen molar-refractivity contribution < 1.29 is 31.9 Å². The van der Waals surface area contributed by atoms with Crippen molar-refractivity contribution in [3.05, 3.63) is 34.4 Å². The van der Waals surface area contributed by atoms with Crippen LogP contribution in [0, 0.1) is 0 Å². The number of fused-ring (bicyclic) bond motifs is 2. The number of ketones is 1. The van der Waals surface area contributed by atoms with Gasteiger partial charge in [-0.2, -0.15) is 0 Å². The number of rotatable bonds is 4. The Labute approximate surface area is 127 Å². The minimum atomic E-state index is -3.32. The number of alkyl halides is 2. The zero-order valence-corrected chi connectivity index (χ0v) is 12.0. The van der Waals surface area contributed by atoms with Crippen LogP contribution in [0.3, 0.4) is 0 Å². The first kappa shape index (κ1) is 15.0. The zero-order valence-electron chi connectivity index (χ0n) is 12.0. The summed E-state index contributed by atoms with van der Waals surface area (Å²) < 4.78 is 46.1. The number of furan rings is 1. The van der Waals surface area contributed by atoms with Crippen LogP contribution in [0.5, 0.6) is 11.5 Å². The zero-order chi connectivity index (χ0) is 16.7. The Morgan fingerprint density at radius 3 is 2.43 bits per heavy atom. The molecule has 0 bridgehead atoms. The van der Waals surface area contributed by atoms with Crippen LogP contribution in [0.2, 0.25) is 0 Å². The molecular formula is C15H10F2O6. The second kappa shape index (κ2) is 5.38. The van der Waals surface area contributed by atoms with Gasteiger partial charge in [-0.05, 0) is 6.07 Å². The van der Waals surface area contributed by atoms with E-state index in [4.69, 9.17) is 18.3 Å². The van der Waals surface area contributed by atoms with Crippen molar-refractivity contribution in [2.75, 3.05) is 14.2 Å². The molecule has 0 aliphatic carbocycles. The summed E-state index contributed by atoms with van der Waals surface area (Å²) >= 11 is 0. The average Bonchev–Trinajstić information content (AvgIpc) is 3.01. The van der Waals surface area contributed by atoms with Gasteiger partial charge in [0.2, 0.25) is 17.0 Å². The van der Waals surface area contributed by atoms with Gasteiger partial charge in [-0.1, -0.05) is 0 Å². The molecule has 2 aromatic heterocycles. The molecule has 0 saturated carbocycles. The van der Waals surface area contributed by atoms with Crippen LogP contribution in [0.4, 0.5) is 8.78 Å². The monoisotopic (exact) mass is 324 g/mol. The second-order valence-electron chi connectivity index (χ2n) is 4.58. The summed E-state index contributed by atoms with van der Waals surface area (Å²) in [5.41, 5.74) is -1.46. The number of halogens is 2. The summed E-state index contributed by atoms with van der Waals surface area (Å²) in [6.07, 6.45) is -1.28. The van der Waals surface area contributed by atoms with E-state index in [1.165, 1.54) is 26.5 Å². The van der Waals surface area contributed by atoms with E-state index >= 15 is 0 Å². The highest BCUT2D eigenvalue weighted by Crippen LogP contribution is 2.41. The fourth-order valence-electron chi connectivity index (χ4n) is 2.43. The van der Waals surface area contributed by atoms with E-state index in [0.717, 1.165) is 0 Å². The largest absolute Gasteiger partial charge is 0.495 e. The summed E-state index contributed by atoms with van der Waals surface area (Å²) in [5, 5.41) is 0.232. The van der Waals surface area contributed by atoms with Crippen LogP contribution in [-0.4, -0.2) is 26.4 Å². The van der Waals surface area contributed by atoms with Crippen LogP contribution in [-0.2, 0) is 0 Å². The highest BCUT2D eigenvalue weighted by atomic mass is 19.3. The first-order valence-electron chi connectivity index (χ1n) is 6.40. The van der Waals surface area contributed by atoms with Gasteiger partial charge in [0, 0.05) is 0 Å². The third kappa shape index (κ3) is 2.06. The molecule has 1 aromatic carbocycles. The van der Waals surface area contributed by atoms with Crippen LogP contribution in [0.1, 0.15) is 10.4 Å². The first-order chi connectivity index (χ1) is 11.0. The molecule has 3 aromatic rings. The topological polar surface area (TPSA) is 78.9 Å². The lowest BCUT2D eigenvalue weighted by Crippen LogP contribution is -2.20. The Bertz CT molecular complexity index is 969. The Hall–Kier alpha value is -2.90. The number of methoxy groups -OCH3 is 2. The molecule has 0 unspecified atom stereocenters. The molecule has 0 fully saturated rings. The van der Waals surface area contributed by atoms with Gasteiger partial charge in [0.1, 0.15) is 23.0 Å². The van der Waals surface area contributed by atoms with E-state index in [0.29, 0.717) is 11.6 Å². The Morgan fingerprint density at radius 1 is 1.13 bits per heavy atom. The maximum absolute atomic E-state index is 12.6. The van der Waals surface area contributed by atoms with E-state index in [2.05, 4.69) is 0 Å². The Morgan fingerprint density at radius 2 is 1.83 bits per heavy atom. The Kier molecular flexibility index (Phi) is 3.51. The molecule has 120 valence electrons. The van der Waals surface area contributed by atoms with Crippen molar-refractivity contribution in [1.82, 2.24) is 0 Å².